The topological polar surface area (TPSA) is 78.9 Å². The van der Waals surface area contributed by atoms with E-state index in [1.165, 1.54) is 23.5 Å². The fourth-order valence-electron chi connectivity index (χ4n) is 5.38. The van der Waals surface area contributed by atoms with Gasteiger partial charge in [-0.25, -0.2) is 4.98 Å². The Bertz CT molecular complexity index is 1120. The van der Waals surface area contributed by atoms with Crippen LogP contribution in [0.5, 0.6) is 0 Å². The highest BCUT2D eigenvalue weighted by Gasteiger charge is 2.29. The van der Waals surface area contributed by atoms with Gasteiger partial charge >= 0.3 is 0 Å². The number of nitrogens with zero attached hydrogens (tertiary/aromatic N) is 5. The van der Waals surface area contributed by atoms with E-state index in [2.05, 4.69) is 63.4 Å². The first-order valence-electron chi connectivity index (χ1n) is 13.5. The predicted octanol–water partition coefficient (Wildman–Crippen LogP) is 3.42. The second kappa shape index (κ2) is 12.8. The van der Waals surface area contributed by atoms with Crippen LogP contribution in [0.25, 0.3) is 0 Å². The van der Waals surface area contributed by atoms with Crippen molar-refractivity contribution in [3.8, 4) is 0 Å². The molecule has 8 heteroatoms. The summed E-state index contributed by atoms with van der Waals surface area (Å²) in [7, 11) is 0. The maximum Gasteiger partial charge on any atom is 0.274 e. The molecule has 3 aromatic rings. The fourth-order valence-corrected chi connectivity index (χ4v) is 5.38. The summed E-state index contributed by atoms with van der Waals surface area (Å²) in [5, 5.41) is 0. The van der Waals surface area contributed by atoms with Gasteiger partial charge < -0.3 is 14.5 Å². The van der Waals surface area contributed by atoms with Gasteiger partial charge in [0.2, 0.25) is 5.91 Å². The van der Waals surface area contributed by atoms with E-state index in [1.54, 1.807) is 11.1 Å². The smallest absolute Gasteiger partial charge is 0.274 e. The Labute approximate surface area is 224 Å². The van der Waals surface area contributed by atoms with Gasteiger partial charge in [0.25, 0.3) is 5.91 Å². The van der Waals surface area contributed by atoms with E-state index >= 15 is 0 Å². The molecule has 198 valence electrons. The lowest BCUT2D eigenvalue weighted by molar-refractivity contribution is -0.133. The fraction of sp³-hybridized carbons (Fsp3) is 0.400. The van der Waals surface area contributed by atoms with E-state index in [0.29, 0.717) is 38.5 Å². The van der Waals surface area contributed by atoms with Gasteiger partial charge in [0, 0.05) is 64.7 Å². The summed E-state index contributed by atoms with van der Waals surface area (Å²) >= 11 is 0. The highest BCUT2D eigenvalue weighted by Crippen LogP contribution is 2.29. The number of hydrogen-bond acceptors (Lipinski definition) is 6. The molecule has 0 N–H and O–H groups in total. The zero-order valence-corrected chi connectivity index (χ0v) is 21.7. The van der Waals surface area contributed by atoms with E-state index in [1.807, 2.05) is 17.0 Å². The Morgan fingerprint density at radius 2 is 1.63 bits per heavy atom. The van der Waals surface area contributed by atoms with Crippen molar-refractivity contribution in [1.82, 2.24) is 24.7 Å². The molecule has 2 saturated heterocycles. The normalized spacial score (nSPS) is 18.0. The van der Waals surface area contributed by atoms with E-state index < -0.39 is 0 Å². The number of aromatic nitrogens is 2. The Hall–Kier alpha value is -3.62. The number of rotatable bonds is 9. The monoisotopic (exact) mass is 513 g/mol. The van der Waals surface area contributed by atoms with Gasteiger partial charge in [-0.15, -0.1) is 0 Å². The van der Waals surface area contributed by atoms with E-state index in [4.69, 9.17) is 4.74 Å². The number of carbonyl (C=O) groups excluding carboxylic acids is 2. The van der Waals surface area contributed by atoms with E-state index in [-0.39, 0.29) is 30.4 Å². The highest BCUT2D eigenvalue weighted by molar-refractivity contribution is 5.92. The summed E-state index contributed by atoms with van der Waals surface area (Å²) < 4.78 is 5.77. The van der Waals surface area contributed by atoms with Crippen LogP contribution >= 0.6 is 0 Å². The molecule has 2 amide bonds. The molecule has 1 unspecified atom stereocenters. The number of piperazine rings is 1. The van der Waals surface area contributed by atoms with Crippen LogP contribution < -0.4 is 0 Å². The second-order valence-electron chi connectivity index (χ2n) is 9.87. The summed E-state index contributed by atoms with van der Waals surface area (Å²) in [6, 6.07) is 21.2. The summed E-state index contributed by atoms with van der Waals surface area (Å²) in [6.07, 6.45) is 6.73. The minimum absolute atomic E-state index is 0.00201. The number of benzene rings is 2. The van der Waals surface area contributed by atoms with Crippen LogP contribution in [0.3, 0.4) is 0 Å². The molecule has 2 fully saturated rings. The van der Waals surface area contributed by atoms with Crippen LogP contribution in [0.4, 0.5) is 0 Å². The molecular weight excluding hydrogens is 478 g/mol. The van der Waals surface area contributed by atoms with Crippen molar-refractivity contribution in [2.75, 3.05) is 45.9 Å². The van der Waals surface area contributed by atoms with Crippen LogP contribution in [0.1, 0.15) is 46.9 Å². The molecule has 0 aliphatic carbocycles. The van der Waals surface area contributed by atoms with Crippen molar-refractivity contribution >= 4 is 11.8 Å². The Balaban J connectivity index is 1.20. The number of carbonyl (C=O) groups is 2. The zero-order chi connectivity index (χ0) is 26.2. The second-order valence-corrected chi connectivity index (χ2v) is 9.87. The molecule has 2 aromatic carbocycles. The van der Waals surface area contributed by atoms with Crippen LogP contribution in [0.15, 0.2) is 79.3 Å². The Kier molecular flexibility index (Phi) is 8.73. The standard InChI is InChI=1S/C30H35N5O3/c36-28(13-16-35(23-26-12-7-21-38-26)30(37)27-22-31-14-15-32-27)33-17-19-34(20-18-33)29(24-8-3-1-4-9-24)25-10-5-2-6-11-25/h1-6,8-11,14-15,22,26,29H,7,12-13,16-21,23H2. The van der Waals surface area contributed by atoms with Crippen molar-refractivity contribution in [2.45, 2.75) is 31.4 Å². The molecule has 0 spiro atoms. The summed E-state index contributed by atoms with van der Waals surface area (Å²) in [4.78, 5) is 40.7. The molecule has 2 aliphatic rings. The molecule has 5 rings (SSSR count). The predicted molar refractivity (Wildman–Crippen MR) is 144 cm³/mol. The van der Waals surface area contributed by atoms with Crippen molar-refractivity contribution in [1.29, 1.82) is 0 Å². The third-order valence-electron chi connectivity index (χ3n) is 7.38. The van der Waals surface area contributed by atoms with Crippen LogP contribution in [0.2, 0.25) is 0 Å². The minimum Gasteiger partial charge on any atom is -0.376 e. The van der Waals surface area contributed by atoms with Crippen molar-refractivity contribution in [2.24, 2.45) is 0 Å². The molecule has 3 heterocycles. The van der Waals surface area contributed by atoms with Gasteiger partial charge in [0.1, 0.15) is 5.69 Å². The highest BCUT2D eigenvalue weighted by atomic mass is 16.5. The summed E-state index contributed by atoms with van der Waals surface area (Å²) in [5.74, 6) is -0.135. The number of hydrogen-bond donors (Lipinski definition) is 0. The van der Waals surface area contributed by atoms with Crippen LogP contribution in [0, 0.1) is 0 Å². The van der Waals surface area contributed by atoms with Gasteiger partial charge in [-0.2, -0.15) is 0 Å². The largest absolute Gasteiger partial charge is 0.376 e. The molecular formula is C30H35N5O3. The molecule has 0 saturated carbocycles. The van der Waals surface area contributed by atoms with E-state index in [0.717, 1.165) is 25.9 Å². The van der Waals surface area contributed by atoms with Crippen molar-refractivity contribution in [3.05, 3.63) is 96.1 Å². The van der Waals surface area contributed by atoms with Crippen molar-refractivity contribution < 1.29 is 14.3 Å². The third-order valence-corrected chi connectivity index (χ3v) is 7.38. The zero-order valence-electron chi connectivity index (χ0n) is 21.7. The SMILES string of the molecule is O=C(CCN(CC1CCCO1)C(=O)c1cnccn1)N1CCN(C(c2ccccc2)c2ccccc2)CC1. The molecule has 1 aromatic heterocycles. The first kappa shape index (κ1) is 26.0. The Morgan fingerprint density at radius 3 is 2.21 bits per heavy atom. The summed E-state index contributed by atoms with van der Waals surface area (Å²) in [6.45, 7) is 4.43. The molecule has 0 radical (unpaired) electrons. The van der Waals surface area contributed by atoms with Gasteiger partial charge in [-0.05, 0) is 24.0 Å². The van der Waals surface area contributed by atoms with Gasteiger partial charge in [-0.1, -0.05) is 60.7 Å². The first-order valence-corrected chi connectivity index (χ1v) is 13.5. The lowest BCUT2D eigenvalue weighted by Crippen LogP contribution is -2.50. The molecule has 2 aliphatic heterocycles. The van der Waals surface area contributed by atoms with Gasteiger partial charge in [-0.3, -0.25) is 19.5 Å². The lowest BCUT2D eigenvalue weighted by Gasteiger charge is -2.40. The van der Waals surface area contributed by atoms with Gasteiger partial charge in [0.05, 0.1) is 18.3 Å². The first-order chi connectivity index (χ1) is 18.7. The summed E-state index contributed by atoms with van der Waals surface area (Å²) in [5.41, 5.74) is 2.80. The average Bonchev–Trinajstić information content (AvgIpc) is 3.50. The van der Waals surface area contributed by atoms with Crippen molar-refractivity contribution in [3.63, 3.8) is 0 Å². The molecule has 0 bridgehead atoms. The molecule has 1 atom stereocenters. The average molecular weight is 514 g/mol. The van der Waals surface area contributed by atoms with Gasteiger partial charge in [0.15, 0.2) is 0 Å². The quantitative estimate of drug-likeness (QED) is 0.436. The van der Waals surface area contributed by atoms with Crippen LogP contribution in [-0.4, -0.2) is 88.5 Å². The van der Waals surface area contributed by atoms with Crippen LogP contribution in [-0.2, 0) is 9.53 Å². The number of ether oxygens (including phenoxy) is 1. The van der Waals surface area contributed by atoms with E-state index in [9.17, 15) is 9.59 Å². The molecule has 8 nitrogen and oxygen atoms in total. The minimum atomic E-state index is -0.209. The maximum absolute atomic E-state index is 13.2. The Morgan fingerprint density at radius 1 is 0.947 bits per heavy atom. The maximum atomic E-state index is 13.2. The lowest BCUT2D eigenvalue weighted by atomic mass is 9.96. The third kappa shape index (κ3) is 6.44. The molecule has 38 heavy (non-hydrogen) atoms. The number of amides is 2.